The first-order valence-corrected chi connectivity index (χ1v) is 6.34. The van der Waals surface area contributed by atoms with E-state index >= 15 is 0 Å². The van der Waals surface area contributed by atoms with E-state index in [1.807, 2.05) is 16.8 Å². The molecule has 0 aliphatic heterocycles. The molecule has 5 nitrogen and oxygen atoms in total. The second-order valence-electron chi connectivity index (χ2n) is 4.66. The molecule has 1 atom stereocenters. The lowest BCUT2D eigenvalue weighted by atomic mass is 9.93. The van der Waals surface area contributed by atoms with E-state index in [4.69, 9.17) is 5.11 Å². The topological polar surface area (TPSA) is 71.3 Å². The normalized spacial score (nSPS) is 16.9. The van der Waals surface area contributed by atoms with Crippen molar-refractivity contribution < 1.29 is 14.7 Å². The number of carboxylic acid groups (broad SMARTS) is 1. The van der Waals surface area contributed by atoms with Gasteiger partial charge >= 0.3 is 5.97 Å². The largest absolute Gasteiger partial charge is 0.480 e. The molecular weight excluding hydrogens is 232 g/mol. The number of carbonyl (C=O) groups excluding carboxylic acids is 1. The van der Waals surface area contributed by atoms with Gasteiger partial charge in [0.05, 0.1) is 0 Å². The summed E-state index contributed by atoms with van der Waals surface area (Å²) in [6.45, 7) is 1.74. The number of carboxylic acids is 1. The third kappa shape index (κ3) is 2.39. The monoisotopic (exact) mass is 250 g/mol. The molecular formula is C13H18N2O3. The first-order chi connectivity index (χ1) is 8.63. The fraction of sp³-hybridized carbons (Fsp3) is 0.538. The van der Waals surface area contributed by atoms with Crippen molar-refractivity contribution in [3.8, 4) is 0 Å². The zero-order valence-corrected chi connectivity index (χ0v) is 10.4. The fourth-order valence-corrected chi connectivity index (χ4v) is 2.14. The molecule has 0 spiro atoms. The zero-order valence-electron chi connectivity index (χ0n) is 10.4. The van der Waals surface area contributed by atoms with Crippen molar-refractivity contribution in [1.82, 2.24) is 9.88 Å². The molecule has 1 saturated carbocycles. The number of aromatic nitrogens is 1. The molecule has 1 aromatic rings. The number of nitrogens with zero attached hydrogens (tertiary/aromatic N) is 1. The van der Waals surface area contributed by atoms with Crippen molar-refractivity contribution in [2.24, 2.45) is 0 Å². The molecule has 18 heavy (non-hydrogen) atoms. The Labute approximate surface area is 106 Å². The van der Waals surface area contributed by atoms with Gasteiger partial charge in [0, 0.05) is 12.2 Å². The van der Waals surface area contributed by atoms with Crippen LogP contribution >= 0.6 is 0 Å². The van der Waals surface area contributed by atoms with Crippen LogP contribution in [0.5, 0.6) is 0 Å². The van der Waals surface area contributed by atoms with Gasteiger partial charge in [-0.3, -0.25) is 4.79 Å². The molecule has 1 aromatic heterocycles. The molecule has 1 fully saturated rings. The number of nitrogens with one attached hydrogen (secondary N) is 1. The van der Waals surface area contributed by atoms with Crippen molar-refractivity contribution in [3.63, 3.8) is 0 Å². The van der Waals surface area contributed by atoms with E-state index in [0.29, 0.717) is 18.2 Å². The molecule has 1 aliphatic rings. The maximum Gasteiger partial charge on any atom is 0.326 e. The van der Waals surface area contributed by atoms with Gasteiger partial charge in [-0.25, -0.2) is 4.79 Å². The highest BCUT2D eigenvalue weighted by atomic mass is 16.4. The van der Waals surface area contributed by atoms with Crippen molar-refractivity contribution >= 4 is 11.9 Å². The fourth-order valence-electron chi connectivity index (χ4n) is 2.14. The maximum absolute atomic E-state index is 12.0. The zero-order chi connectivity index (χ0) is 13.1. The summed E-state index contributed by atoms with van der Waals surface area (Å²) in [5.41, 5.74) is 0.555. The summed E-state index contributed by atoms with van der Waals surface area (Å²) in [5, 5.41) is 11.5. The van der Waals surface area contributed by atoms with Crippen LogP contribution in [0, 0.1) is 0 Å². The Morgan fingerprint density at radius 2 is 2.28 bits per heavy atom. The Balaban J connectivity index is 2.08. The van der Waals surface area contributed by atoms with Crippen LogP contribution in [0.15, 0.2) is 18.3 Å². The molecule has 0 radical (unpaired) electrons. The van der Waals surface area contributed by atoms with Crippen LogP contribution in [0.4, 0.5) is 0 Å². The van der Waals surface area contributed by atoms with Gasteiger partial charge in [0.25, 0.3) is 5.91 Å². The van der Waals surface area contributed by atoms with Gasteiger partial charge in [-0.05, 0) is 37.8 Å². The van der Waals surface area contributed by atoms with Gasteiger partial charge in [0.15, 0.2) is 0 Å². The summed E-state index contributed by atoms with van der Waals surface area (Å²) in [6.07, 6.45) is 5.64. The molecule has 1 aliphatic carbocycles. The summed E-state index contributed by atoms with van der Waals surface area (Å²) in [7, 11) is 0. The van der Waals surface area contributed by atoms with Gasteiger partial charge in [-0.2, -0.15) is 0 Å². The van der Waals surface area contributed by atoms with Crippen LogP contribution in [0.2, 0.25) is 0 Å². The average molecular weight is 250 g/mol. The van der Waals surface area contributed by atoms with Crippen molar-refractivity contribution in [3.05, 3.63) is 24.0 Å². The van der Waals surface area contributed by atoms with E-state index in [-0.39, 0.29) is 5.91 Å². The van der Waals surface area contributed by atoms with E-state index in [9.17, 15) is 9.59 Å². The van der Waals surface area contributed by atoms with Gasteiger partial charge in [0.1, 0.15) is 11.7 Å². The lowest BCUT2D eigenvalue weighted by molar-refractivity contribution is -0.139. The summed E-state index contributed by atoms with van der Waals surface area (Å²) in [4.78, 5) is 22.9. The van der Waals surface area contributed by atoms with E-state index in [0.717, 1.165) is 12.8 Å². The van der Waals surface area contributed by atoms with E-state index < -0.39 is 12.0 Å². The number of hydrogen-bond donors (Lipinski definition) is 2. The standard InChI is InChI=1S/C13H18N2O3/c1-2-10(13(17)18)14-12(16)11-7-4-8-15(11)9-5-3-6-9/h4,7-10H,2-3,5-6H2,1H3,(H,14,16)(H,17,18). The highest BCUT2D eigenvalue weighted by Gasteiger charge is 2.25. The van der Waals surface area contributed by atoms with E-state index in [2.05, 4.69) is 5.32 Å². The summed E-state index contributed by atoms with van der Waals surface area (Å²) < 4.78 is 1.95. The lowest BCUT2D eigenvalue weighted by Gasteiger charge is -2.29. The number of carbonyl (C=O) groups is 2. The van der Waals surface area contributed by atoms with Crippen LogP contribution in [-0.4, -0.2) is 27.6 Å². The second kappa shape index (κ2) is 5.25. The number of amides is 1. The summed E-state index contributed by atoms with van der Waals surface area (Å²) in [5.74, 6) is -1.30. The minimum absolute atomic E-state index is 0.304. The quantitative estimate of drug-likeness (QED) is 0.837. The van der Waals surface area contributed by atoms with Crippen molar-refractivity contribution in [1.29, 1.82) is 0 Å². The first kappa shape index (κ1) is 12.7. The molecule has 0 bridgehead atoms. The number of rotatable bonds is 5. The Hall–Kier alpha value is -1.78. The molecule has 0 aromatic carbocycles. The van der Waals surface area contributed by atoms with E-state index in [1.54, 1.807) is 13.0 Å². The molecule has 98 valence electrons. The summed E-state index contributed by atoms with van der Waals surface area (Å²) >= 11 is 0. The molecule has 5 heteroatoms. The Kier molecular flexibility index (Phi) is 3.69. The highest BCUT2D eigenvalue weighted by Crippen LogP contribution is 2.32. The Morgan fingerprint density at radius 1 is 1.56 bits per heavy atom. The Bertz CT molecular complexity index is 449. The van der Waals surface area contributed by atoms with Gasteiger partial charge in [-0.15, -0.1) is 0 Å². The third-order valence-corrected chi connectivity index (χ3v) is 3.49. The highest BCUT2D eigenvalue weighted by molar-refractivity contribution is 5.95. The molecule has 1 heterocycles. The minimum atomic E-state index is -0.993. The predicted molar refractivity (Wildman–Crippen MR) is 66.5 cm³/mol. The smallest absolute Gasteiger partial charge is 0.326 e. The SMILES string of the molecule is CCC(NC(=O)c1cccn1C1CCC1)C(=O)O. The maximum atomic E-state index is 12.0. The lowest BCUT2D eigenvalue weighted by Crippen LogP contribution is -2.41. The number of aliphatic carboxylic acids is 1. The summed E-state index contributed by atoms with van der Waals surface area (Å²) in [6, 6.07) is 3.14. The van der Waals surface area contributed by atoms with Gasteiger partial charge < -0.3 is 15.0 Å². The second-order valence-corrected chi connectivity index (χ2v) is 4.66. The molecule has 0 saturated heterocycles. The Morgan fingerprint density at radius 3 is 2.78 bits per heavy atom. The number of hydrogen-bond acceptors (Lipinski definition) is 2. The van der Waals surface area contributed by atoms with Gasteiger partial charge in [-0.1, -0.05) is 6.92 Å². The van der Waals surface area contributed by atoms with Crippen LogP contribution in [0.1, 0.15) is 49.1 Å². The van der Waals surface area contributed by atoms with Gasteiger partial charge in [0.2, 0.25) is 0 Å². The van der Waals surface area contributed by atoms with Crippen molar-refractivity contribution in [2.45, 2.75) is 44.7 Å². The van der Waals surface area contributed by atoms with Crippen LogP contribution in [-0.2, 0) is 4.79 Å². The van der Waals surface area contributed by atoms with Crippen LogP contribution in [0.25, 0.3) is 0 Å². The molecule has 2 N–H and O–H groups in total. The molecule has 1 amide bonds. The average Bonchev–Trinajstić information content (AvgIpc) is 2.71. The predicted octanol–water partition coefficient (Wildman–Crippen LogP) is 1.81. The van der Waals surface area contributed by atoms with Crippen LogP contribution in [0.3, 0.4) is 0 Å². The van der Waals surface area contributed by atoms with Crippen molar-refractivity contribution in [2.75, 3.05) is 0 Å². The molecule has 2 rings (SSSR count). The minimum Gasteiger partial charge on any atom is -0.480 e. The third-order valence-electron chi connectivity index (χ3n) is 3.49. The molecule has 1 unspecified atom stereocenters. The van der Waals surface area contributed by atoms with Crippen LogP contribution < -0.4 is 5.32 Å². The van der Waals surface area contributed by atoms with E-state index in [1.165, 1.54) is 6.42 Å². The first-order valence-electron chi connectivity index (χ1n) is 6.34.